The number of unbranched alkanes of at least 4 members (excludes halogenated alkanes) is 1. The second-order valence-corrected chi connectivity index (χ2v) is 10.4. The van der Waals surface area contributed by atoms with Crippen LogP contribution < -0.4 is 5.32 Å². The SMILES string of the molecule is CC(=O)NC(C(O)CC(O)CO)C(O)CC(O)COC(=O)CCCCC1CCSS1. The number of carbonyl (C=O) groups excluding carboxylic acids is 2. The van der Waals surface area contributed by atoms with E-state index in [1.165, 1.54) is 19.1 Å². The maximum absolute atomic E-state index is 11.8. The Labute approximate surface area is 185 Å². The van der Waals surface area contributed by atoms with E-state index in [2.05, 4.69) is 5.32 Å². The van der Waals surface area contributed by atoms with Crippen LogP contribution in [0.5, 0.6) is 0 Å². The number of aliphatic hydroxyl groups excluding tert-OH is 5. The number of hydrogen-bond donors (Lipinski definition) is 6. The smallest absolute Gasteiger partial charge is 0.305 e. The molecule has 1 rings (SSSR count). The molecule has 176 valence electrons. The Bertz CT molecular complexity index is 507. The Morgan fingerprint density at radius 3 is 2.33 bits per heavy atom. The second kappa shape index (κ2) is 15.3. The molecule has 1 fully saturated rings. The van der Waals surface area contributed by atoms with Gasteiger partial charge < -0.3 is 35.6 Å². The zero-order valence-electron chi connectivity index (χ0n) is 17.3. The minimum Gasteiger partial charge on any atom is -0.463 e. The molecule has 0 aliphatic carbocycles. The minimum absolute atomic E-state index is 0.249. The number of hydrogen-bond acceptors (Lipinski definition) is 10. The van der Waals surface area contributed by atoms with Crippen LogP contribution in [-0.4, -0.2) is 92.1 Å². The van der Waals surface area contributed by atoms with Gasteiger partial charge in [-0.25, -0.2) is 0 Å². The lowest BCUT2D eigenvalue weighted by Gasteiger charge is -2.30. The summed E-state index contributed by atoms with van der Waals surface area (Å²) in [6, 6.07) is -1.15. The van der Waals surface area contributed by atoms with Crippen molar-refractivity contribution >= 4 is 33.5 Å². The molecule has 6 atom stereocenters. The number of rotatable bonds is 15. The van der Waals surface area contributed by atoms with Crippen molar-refractivity contribution < 1.29 is 39.9 Å². The number of amides is 1. The molecule has 30 heavy (non-hydrogen) atoms. The van der Waals surface area contributed by atoms with Gasteiger partial charge in [0.1, 0.15) is 6.61 Å². The van der Waals surface area contributed by atoms with Crippen LogP contribution in [0.1, 0.15) is 51.9 Å². The average molecular weight is 470 g/mol. The van der Waals surface area contributed by atoms with Gasteiger partial charge in [0.05, 0.1) is 37.1 Å². The summed E-state index contributed by atoms with van der Waals surface area (Å²) in [5.41, 5.74) is 0. The zero-order chi connectivity index (χ0) is 22.5. The van der Waals surface area contributed by atoms with Crippen molar-refractivity contribution in [3.05, 3.63) is 0 Å². The highest BCUT2D eigenvalue weighted by Crippen LogP contribution is 2.39. The van der Waals surface area contributed by atoms with Gasteiger partial charge in [0.25, 0.3) is 0 Å². The van der Waals surface area contributed by atoms with Gasteiger partial charge in [0.2, 0.25) is 5.91 Å². The molecular weight excluding hydrogens is 434 g/mol. The van der Waals surface area contributed by atoms with Crippen molar-refractivity contribution in [3.8, 4) is 0 Å². The summed E-state index contributed by atoms with van der Waals surface area (Å²) in [5.74, 6) is 0.261. The van der Waals surface area contributed by atoms with E-state index >= 15 is 0 Å². The summed E-state index contributed by atoms with van der Waals surface area (Å²) in [4.78, 5) is 23.2. The second-order valence-electron chi connectivity index (χ2n) is 7.58. The molecule has 11 heteroatoms. The van der Waals surface area contributed by atoms with E-state index < -0.39 is 48.9 Å². The third-order valence-corrected chi connectivity index (χ3v) is 7.76. The molecule has 0 aromatic carbocycles. The van der Waals surface area contributed by atoms with E-state index in [9.17, 15) is 30.0 Å². The molecular formula is C19H35NO8S2. The van der Waals surface area contributed by atoms with Crippen molar-refractivity contribution in [2.45, 2.75) is 87.6 Å². The topological polar surface area (TPSA) is 157 Å². The molecule has 1 aliphatic heterocycles. The van der Waals surface area contributed by atoms with E-state index in [1.807, 2.05) is 21.6 Å². The molecule has 0 aromatic rings. The highest BCUT2D eigenvalue weighted by molar-refractivity contribution is 8.77. The van der Waals surface area contributed by atoms with Gasteiger partial charge in [-0.1, -0.05) is 28.0 Å². The quantitative estimate of drug-likeness (QED) is 0.109. The van der Waals surface area contributed by atoms with Gasteiger partial charge >= 0.3 is 5.97 Å². The predicted octanol–water partition coefficient (Wildman–Crippen LogP) is -0.0355. The minimum atomic E-state index is -1.34. The fraction of sp³-hybridized carbons (Fsp3) is 0.895. The summed E-state index contributed by atoms with van der Waals surface area (Å²) in [5, 5.41) is 51.9. The Morgan fingerprint density at radius 1 is 1.10 bits per heavy atom. The largest absolute Gasteiger partial charge is 0.463 e. The van der Waals surface area contributed by atoms with Crippen molar-refractivity contribution in [1.29, 1.82) is 0 Å². The number of ether oxygens (including phenoxy) is 1. The van der Waals surface area contributed by atoms with Crippen LogP contribution >= 0.6 is 21.6 Å². The van der Waals surface area contributed by atoms with Crippen LogP contribution in [0.2, 0.25) is 0 Å². The Hall–Kier alpha value is -0.560. The molecule has 0 bridgehead atoms. The summed E-state index contributed by atoms with van der Waals surface area (Å²) >= 11 is 0. The lowest BCUT2D eigenvalue weighted by atomic mass is 9.95. The van der Waals surface area contributed by atoms with Crippen LogP contribution in [-0.2, 0) is 14.3 Å². The molecule has 0 aromatic heterocycles. The summed E-state index contributed by atoms with van der Waals surface area (Å²) in [7, 11) is 3.79. The van der Waals surface area contributed by atoms with E-state index in [4.69, 9.17) is 9.84 Å². The van der Waals surface area contributed by atoms with Gasteiger partial charge in [-0.05, 0) is 19.3 Å². The van der Waals surface area contributed by atoms with E-state index in [-0.39, 0.29) is 25.9 Å². The van der Waals surface area contributed by atoms with Crippen LogP contribution in [0.3, 0.4) is 0 Å². The first-order chi connectivity index (χ1) is 14.2. The van der Waals surface area contributed by atoms with Gasteiger partial charge in [-0.2, -0.15) is 0 Å². The van der Waals surface area contributed by atoms with Crippen LogP contribution in [0, 0.1) is 0 Å². The molecule has 1 heterocycles. The standard InChI is InChI=1S/C19H35NO8S2/c1-12(22)20-19(16(25)8-13(23)10-21)17(26)9-14(24)11-28-18(27)5-3-2-4-15-6-7-29-30-15/h13-17,19,21,23-26H,2-11H2,1H3,(H,20,22). The molecule has 0 saturated carbocycles. The van der Waals surface area contributed by atoms with Crippen molar-refractivity contribution in [2.75, 3.05) is 19.0 Å². The molecule has 0 radical (unpaired) electrons. The Morgan fingerprint density at radius 2 is 1.77 bits per heavy atom. The summed E-state index contributed by atoms with van der Waals surface area (Å²) < 4.78 is 5.05. The third-order valence-electron chi connectivity index (χ3n) is 4.76. The number of esters is 1. The average Bonchev–Trinajstić information content (AvgIpc) is 3.20. The third kappa shape index (κ3) is 11.7. The molecule has 1 aliphatic rings. The lowest BCUT2D eigenvalue weighted by molar-refractivity contribution is -0.147. The first-order valence-electron chi connectivity index (χ1n) is 10.3. The number of nitrogens with one attached hydrogen (secondary N) is 1. The fourth-order valence-electron chi connectivity index (χ4n) is 3.14. The summed E-state index contributed by atoms with van der Waals surface area (Å²) in [6.45, 7) is 0.335. The maximum atomic E-state index is 11.8. The molecule has 6 unspecified atom stereocenters. The lowest BCUT2D eigenvalue weighted by Crippen LogP contribution is -2.52. The van der Waals surface area contributed by atoms with Crippen molar-refractivity contribution in [1.82, 2.24) is 5.32 Å². The molecule has 0 spiro atoms. The Balaban J connectivity index is 2.32. The number of aliphatic hydroxyl groups is 5. The van der Waals surface area contributed by atoms with Gasteiger partial charge in [-0.3, -0.25) is 9.59 Å². The predicted molar refractivity (Wildman–Crippen MR) is 116 cm³/mol. The number of carbonyl (C=O) groups is 2. The molecule has 1 saturated heterocycles. The zero-order valence-corrected chi connectivity index (χ0v) is 18.9. The van der Waals surface area contributed by atoms with E-state index in [0.29, 0.717) is 5.25 Å². The Kier molecular flexibility index (Phi) is 14.0. The van der Waals surface area contributed by atoms with Crippen molar-refractivity contribution in [3.63, 3.8) is 0 Å². The first kappa shape index (κ1) is 27.5. The molecule has 6 N–H and O–H groups in total. The van der Waals surface area contributed by atoms with Crippen LogP contribution in [0.15, 0.2) is 0 Å². The molecule has 1 amide bonds. The van der Waals surface area contributed by atoms with Gasteiger partial charge in [-0.15, -0.1) is 0 Å². The summed E-state index contributed by atoms with van der Waals surface area (Å²) in [6.07, 6.45) is -1.34. The monoisotopic (exact) mass is 469 g/mol. The fourth-order valence-corrected chi connectivity index (χ4v) is 6.17. The molecule has 9 nitrogen and oxygen atoms in total. The van der Waals surface area contributed by atoms with Crippen LogP contribution in [0.25, 0.3) is 0 Å². The van der Waals surface area contributed by atoms with Gasteiger partial charge in [0, 0.05) is 37.2 Å². The van der Waals surface area contributed by atoms with Gasteiger partial charge in [0.15, 0.2) is 0 Å². The highest BCUT2D eigenvalue weighted by Gasteiger charge is 2.31. The highest BCUT2D eigenvalue weighted by atomic mass is 33.1. The maximum Gasteiger partial charge on any atom is 0.305 e. The van der Waals surface area contributed by atoms with E-state index in [0.717, 1.165) is 19.3 Å². The normalized spacial score (nSPS) is 21.5. The van der Waals surface area contributed by atoms with Crippen LogP contribution in [0.4, 0.5) is 0 Å². The van der Waals surface area contributed by atoms with E-state index in [1.54, 1.807) is 0 Å². The first-order valence-corrected chi connectivity index (χ1v) is 12.6. The van der Waals surface area contributed by atoms with Crippen molar-refractivity contribution in [2.24, 2.45) is 0 Å².